The molecule has 0 fully saturated rings. The van der Waals surface area contributed by atoms with E-state index in [9.17, 15) is 14.0 Å². The molecule has 2 amide bonds. The number of halogens is 1. The lowest BCUT2D eigenvalue weighted by Crippen LogP contribution is -2.50. The zero-order chi connectivity index (χ0) is 26.7. The Morgan fingerprint density at radius 1 is 0.763 bits per heavy atom. The molecule has 1 N–H and O–H groups in total. The molecule has 0 spiro atoms. The number of hydrogen-bond donors (Lipinski definition) is 1. The van der Waals surface area contributed by atoms with Crippen LogP contribution >= 0.6 is 0 Å². The summed E-state index contributed by atoms with van der Waals surface area (Å²) in [4.78, 5) is 29.1. The number of carbonyl (C=O) groups is 2. The van der Waals surface area contributed by atoms with Crippen LogP contribution in [0.2, 0.25) is 0 Å². The fraction of sp³-hybridized carbons (Fsp3) is 0.212. The molecule has 194 valence electrons. The maximum atomic E-state index is 14.8. The van der Waals surface area contributed by atoms with Crippen molar-refractivity contribution in [2.24, 2.45) is 0 Å². The van der Waals surface area contributed by atoms with Crippen LogP contribution in [0.5, 0.6) is 0 Å². The summed E-state index contributed by atoms with van der Waals surface area (Å²) in [5.41, 5.74) is 3.32. The molecule has 0 bridgehead atoms. The van der Waals surface area contributed by atoms with Crippen molar-refractivity contribution >= 4 is 11.8 Å². The first-order valence-corrected chi connectivity index (χ1v) is 13.0. The first-order chi connectivity index (χ1) is 18.6. The second-order valence-corrected chi connectivity index (χ2v) is 9.29. The van der Waals surface area contributed by atoms with Crippen LogP contribution < -0.4 is 5.32 Å². The van der Waals surface area contributed by atoms with E-state index in [-0.39, 0.29) is 30.7 Å². The van der Waals surface area contributed by atoms with E-state index in [1.165, 1.54) is 6.07 Å². The van der Waals surface area contributed by atoms with Crippen molar-refractivity contribution in [3.05, 3.63) is 143 Å². The van der Waals surface area contributed by atoms with Gasteiger partial charge in [0.1, 0.15) is 11.9 Å². The molecule has 0 heterocycles. The van der Waals surface area contributed by atoms with Gasteiger partial charge < -0.3 is 10.2 Å². The Kier molecular flexibility index (Phi) is 9.41. The van der Waals surface area contributed by atoms with Gasteiger partial charge in [0, 0.05) is 37.4 Å². The van der Waals surface area contributed by atoms with Crippen LogP contribution in [0, 0.1) is 5.82 Å². The second kappa shape index (κ2) is 13.3. The van der Waals surface area contributed by atoms with Gasteiger partial charge in [-0.2, -0.15) is 0 Å². The predicted octanol–water partition coefficient (Wildman–Crippen LogP) is 6.12. The highest BCUT2D eigenvalue weighted by atomic mass is 19.1. The smallest absolute Gasteiger partial charge is 0.243 e. The summed E-state index contributed by atoms with van der Waals surface area (Å²) < 4.78 is 14.8. The van der Waals surface area contributed by atoms with Gasteiger partial charge in [-0.3, -0.25) is 9.59 Å². The summed E-state index contributed by atoms with van der Waals surface area (Å²) in [6.07, 6.45) is 0.474. The molecule has 4 aromatic carbocycles. The second-order valence-electron chi connectivity index (χ2n) is 9.29. The van der Waals surface area contributed by atoms with Crippen LogP contribution in [-0.2, 0) is 22.6 Å². The van der Waals surface area contributed by atoms with E-state index in [1.807, 2.05) is 97.9 Å². The number of carbonyl (C=O) groups excluding carboxylic acids is 2. The Morgan fingerprint density at radius 3 is 1.84 bits per heavy atom. The molecular formula is C33H33FN2O2. The summed E-state index contributed by atoms with van der Waals surface area (Å²) in [5.74, 6) is -1.07. The molecule has 0 saturated carbocycles. The molecule has 0 aliphatic heterocycles. The molecule has 0 aliphatic carbocycles. The summed E-state index contributed by atoms with van der Waals surface area (Å²) in [6.45, 7) is 2.28. The van der Waals surface area contributed by atoms with Crippen LogP contribution in [-0.4, -0.2) is 29.3 Å². The first kappa shape index (κ1) is 26.8. The van der Waals surface area contributed by atoms with Gasteiger partial charge in [-0.25, -0.2) is 4.39 Å². The van der Waals surface area contributed by atoms with Crippen molar-refractivity contribution in [3.8, 4) is 0 Å². The van der Waals surface area contributed by atoms with E-state index in [4.69, 9.17) is 0 Å². The molecule has 0 radical (unpaired) electrons. The van der Waals surface area contributed by atoms with Crippen molar-refractivity contribution < 1.29 is 14.0 Å². The molecule has 4 aromatic rings. The van der Waals surface area contributed by atoms with E-state index in [2.05, 4.69) is 5.32 Å². The monoisotopic (exact) mass is 508 g/mol. The quantitative estimate of drug-likeness (QED) is 0.265. The Hall–Kier alpha value is -4.25. The van der Waals surface area contributed by atoms with Gasteiger partial charge in [-0.15, -0.1) is 0 Å². The zero-order valence-corrected chi connectivity index (χ0v) is 21.6. The third-order valence-corrected chi connectivity index (χ3v) is 6.70. The van der Waals surface area contributed by atoms with Gasteiger partial charge in [0.05, 0.1) is 0 Å². The van der Waals surface area contributed by atoms with Crippen LogP contribution in [0.3, 0.4) is 0 Å². The summed E-state index contributed by atoms with van der Waals surface area (Å²) in [6, 6.07) is 35.0. The third-order valence-electron chi connectivity index (χ3n) is 6.70. The van der Waals surface area contributed by atoms with Crippen LogP contribution in [0.25, 0.3) is 0 Å². The number of rotatable bonds is 11. The van der Waals surface area contributed by atoms with Crippen molar-refractivity contribution in [3.63, 3.8) is 0 Å². The van der Waals surface area contributed by atoms with Gasteiger partial charge in [-0.1, -0.05) is 109 Å². The lowest BCUT2D eigenvalue weighted by atomic mass is 9.87. The highest BCUT2D eigenvalue weighted by Gasteiger charge is 2.32. The minimum atomic E-state index is -0.795. The molecule has 0 aromatic heterocycles. The van der Waals surface area contributed by atoms with Crippen molar-refractivity contribution in [1.82, 2.24) is 10.2 Å². The molecule has 1 unspecified atom stereocenters. The molecule has 4 rings (SSSR count). The number of hydrogen-bond acceptors (Lipinski definition) is 2. The SMILES string of the molecule is CCNC(=O)C(Cc1ccccc1)N(Cc1ccccc1F)C(=O)CC(c1ccccc1)c1ccccc1. The van der Waals surface area contributed by atoms with E-state index in [1.54, 1.807) is 23.1 Å². The highest BCUT2D eigenvalue weighted by Crippen LogP contribution is 2.30. The topological polar surface area (TPSA) is 49.4 Å². The molecule has 0 saturated heterocycles. The molecule has 38 heavy (non-hydrogen) atoms. The van der Waals surface area contributed by atoms with Crippen molar-refractivity contribution in [1.29, 1.82) is 0 Å². The standard InChI is InChI=1S/C33H33FN2O2/c1-2-35-33(38)31(22-25-14-6-3-7-15-25)36(24-28-20-12-13-21-30(28)34)32(37)23-29(26-16-8-4-9-17-26)27-18-10-5-11-19-27/h3-21,29,31H,2,22-24H2,1H3,(H,35,38). The number of nitrogens with one attached hydrogen (secondary N) is 1. The number of likely N-dealkylation sites (N-methyl/N-ethyl adjacent to an activating group) is 1. The summed E-state index contributed by atoms with van der Waals surface area (Å²) in [7, 11) is 0. The third kappa shape index (κ3) is 6.94. The van der Waals surface area contributed by atoms with Gasteiger partial charge in [-0.05, 0) is 29.7 Å². The Labute approximate surface area is 224 Å². The van der Waals surface area contributed by atoms with Gasteiger partial charge >= 0.3 is 0 Å². The summed E-state index contributed by atoms with van der Waals surface area (Å²) in [5, 5.41) is 2.89. The Balaban J connectivity index is 1.73. The average Bonchev–Trinajstić information content (AvgIpc) is 2.96. The number of amides is 2. The van der Waals surface area contributed by atoms with Gasteiger partial charge in [0.15, 0.2) is 0 Å². The van der Waals surface area contributed by atoms with E-state index in [0.29, 0.717) is 18.5 Å². The Morgan fingerprint density at radius 2 is 1.29 bits per heavy atom. The predicted molar refractivity (Wildman–Crippen MR) is 149 cm³/mol. The first-order valence-electron chi connectivity index (χ1n) is 13.0. The zero-order valence-electron chi connectivity index (χ0n) is 21.6. The highest BCUT2D eigenvalue weighted by molar-refractivity contribution is 5.88. The van der Waals surface area contributed by atoms with E-state index >= 15 is 0 Å². The normalized spacial score (nSPS) is 11.7. The fourth-order valence-corrected chi connectivity index (χ4v) is 4.75. The molecule has 1 atom stereocenters. The van der Waals surface area contributed by atoms with Crippen LogP contribution in [0.4, 0.5) is 4.39 Å². The molecule has 4 nitrogen and oxygen atoms in total. The Bertz CT molecular complexity index is 1270. The average molecular weight is 509 g/mol. The number of nitrogens with zero attached hydrogens (tertiary/aromatic N) is 1. The minimum absolute atomic E-state index is 0.00353. The minimum Gasteiger partial charge on any atom is -0.355 e. The largest absolute Gasteiger partial charge is 0.355 e. The van der Waals surface area contributed by atoms with E-state index in [0.717, 1.165) is 16.7 Å². The molecule has 0 aliphatic rings. The summed E-state index contributed by atoms with van der Waals surface area (Å²) >= 11 is 0. The van der Waals surface area contributed by atoms with Crippen molar-refractivity contribution in [2.75, 3.05) is 6.54 Å². The number of benzene rings is 4. The molecular weight excluding hydrogens is 475 g/mol. The van der Waals surface area contributed by atoms with Gasteiger partial charge in [0.2, 0.25) is 11.8 Å². The van der Waals surface area contributed by atoms with Crippen molar-refractivity contribution in [2.45, 2.75) is 38.3 Å². The lowest BCUT2D eigenvalue weighted by Gasteiger charge is -2.33. The maximum absolute atomic E-state index is 14.8. The van der Waals surface area contributed by atoms with E-state index < -0.39 is 11.9 Å². The fourth-order valence-electron chi connectivity index (χ4n) is 4.75. The van der Waals surface area contributed by atoms with Crippen LogP contribution in [0.15, 0.2) is 115 Å². The molecule has 5 heteroatoms. The van der Waals surface area contributed by atoms with Gasteiger partial charge in [0.25, 0.3) is 0 Å². The lowest BCUT2D eigenvalue weighted by molar-refractivity contribution is -0.141. The van der Waals surface area contributed by atoms with Crippen LogP contribution in [0.1, 0.15) is 41.5 Å². The maximum Gasteiger partial charge on any atom is 0.243 e.